The number of benzene rings is 3. The van der Waals surface area contributed by atoms with Gasteiger partial charge in [-0.15, -0.1) is 0 Å². The molecule has 0 spiro atoms. The molecule has 6 heteroatoms. The van der Waals surface area contributed by atoms with Crippen molar-refractivity contribution in [3.05, 3.63) is 94.5 Å². The summed E-state index contributed by atoms with van der Waals surface area (Å²) in [6.07, 6.45) is 0. The number of hydrogen-bond donors (Lipinski definition) is 2. The monoisotopic (exact) mass is 438 g/mol. The summed E-state index contributed by atoms with van der Waals surface area (Å²) >= 11 is 3.43. The van der Waals surface area contributed by atoms with E-state index in [1.54, 1.807) is 36.4 Å². The average molecular weight is 439 g/mol. The maximum atomic E-state index is 12.5. The number of ether oxygens (including phenoxy) is 1. The number of para-hydroxylation sites is 2. The second kappa shape index (κ2) is 9.71. The Balaban J connectivity index is 1.58. The largest absolute Gasteiger partial charge is 0.488 e. The van der Waals surface area contributed by atoms with E-state index in [1.165, 1.54) is 0 Å². The van der Waals surface area contributed by atoms with Gasteiger partial charge in [0.2, 0.25) is 5.91 Å². The Kier molecular flexibility index (Phi) is 6.81. The Hall–Kier alpha value is -3.12. The average Bonchev–Trinajstić information content (AvgIpc) is 2.71. The number of carbonyl (C=O) groups excluding carboxylic acids is 2. The molecule has 142 valence electrons. The van der Waals surface area contributed by atoms with Gasteiger partial charge in [-0.1, -0.05) is 58.4 Å². The first-order valence-electron chi connectivity index (χ1n) is 8.71. The maximum Gasteiger partial charge on any atom is 0.255 e. The Morgan fingerprint density at radius 1 is 0.893 bits per heavy atom. The molecule has 0 atom stereocenters. The minimum atomic E-state index is -0.368. The van der Waals surface area contributed by atoms with E-state index < -0.39 is 0 Å². The van der Waals surface area contributed by atoms with Crippen molar-refractivity contribution in [2.75, 3.05) is 11.9 Å². The van der Waals surface area contributed by atoms with Gasteiger partial charge in [-0.2, -0.15) is 0 Å². The third-order valence-electron chi connectivity index (χ3n) is 3.88. The summed E-state index contributed by atoms with van der Waals surface area (Å²) in [7, 11) is 0. The Morgan fingerprint density at radius 3 is 2.43 bits per heavy atom. The lowest BCUT2D eigenvalue weighted by atomic mass is 10.2. The van der Waals surface area contributed by atoms with Crippen LogP contribution in [-0.4, -0.2) is 18.4 Å². The molecule has 3 aromatic carbocycles. The van der Waals surface area contributed by atoms with Gasteiger partial charge in [-0.3, -0.25) is 9.59 Å². The highest BCUT2D eigenvalue weighted by atomic mass is 79.9. The smallest absolute Gasteiger partial charge is 0.255 e. The van der Waals surface area contributed by atoms with Crippen molar-refractivity contribution in [2.45, 2.75) is 6.61 Å². The molecule has 0 aliphatic carbocycles. The van der Waals surface area contributed by atoms with Crippen molar-refractivity contribution in [1.82, 2.24) is 5.32 Å². The molecule has 0 aliphatic rings. The summed E-state index contributed by atoms with van der Waals surface area (Å²) in [5.74, 6) is -0.205. The molecule has 2 amide bonds. The number of hydrogen-bond acceptors (Lipinski definition) is 3. The van der Waals surface area contributed by atoms with Crippen LogP contribution in [0.1, 0.15) is 15.9 Å². The molecule has 0 saturated heterocycles. The molecule has 0 unspecified atom stereocenters. The molecule has 3 rings (SSSR count). The second-order valence-corrected chi connectivity index (χ2v) is 6.93. The number of carbonyl (C=O) groups is 2. The first kappa shape index (κ1) is 19.6. The van der Waals surface area contributed by atoms with Gasteiger partial charge in [0.25, 0.3) is 5.91 Å². The van der Waals surface area contributed by atoms with Gasteiger partial charge >= 0.3 is 0 Å². The standard InChI is InChI=1S/C22H19BrN2O3/c23-17-8-6-7-16(13-17)15-28-20-12-5-4-11-19(20)22(27)24-14-21(26)25-18-9-2-1-3-10-18/h1-13H,14-15H2,(H,24,27)(H,25,26). The van der Waals surface area contributed by atoms with Gasteiger partial charge in [-0.25, -0.2) is 0 Å². The summed E-state index contributed by atoms with van der Waals surface area (Å²) < 4.78 is 6.78. The van der Waals surface area contributed by atoms with Crippen molar-refractivity contribution in [1.29, 1.82) is 0 Å². The van der Waals surface area contributed by atoms with Crippen LogP contribution < -0.4 is 15.4 Å². The van der Waals surface area contributed by atoms with Crippen molar-refractivity contribution in [3.8, 4) is 5.75 Å². The van der Waals surface area contributed by atoms with Crippen molar-refractivity contribution < 1.29 is 14.3 Å². The maximum absolute atomic E-state index is 12.5. The van der Waals surface area contributed by atoms with Gasteiger partial charge < -0.3 is 15.4 Å². The fourth-order valence-corrected chi connectivity index (χ4v) is 3.00. The van der Waals surface area contributed by atoms with Gasteiger partial charge in [0.15, 0.2) is 0 Å². The zero-order valence-corrected chi connectivity index (χ0v) is 16.6. The molecule has 0 aromatic heterocycles. The van der Waals surface area contributed by atoms with Crippen LogP contribution in [0.2, 0.25) is 0 Å². The lowest BCUT2D eigenvalue weighted by molar-refractivity contribution is -0.115. The van der Waals surface area contributed by atoms with E-state index in [0.29, 0.717) is 23.6 Å². The van der Waals surface area contributed by atoms with E-state index >= 15 is 0 Å². The molecular weight excluding hydrogens is 420 g/mol. The Bertz CT molecular complexity index is 961. The number of halogens is 1. The third kappa shape index (κ3) is 5.69. The fourth-order valence-electron chi connectivity index (χ4n) is 2.55. The van der Waals surface area contributed by atoms with Crippen LogP contribution in [0.15, 0.2) is 83.3 Å². The number of nitrogens with one attached hydrogen (secondary N) is 2. The van der Waals surface area contributed by atoms with E-state index in [9.17, 15) is 9.59 Å². The van der Waals surface area contributed by atoms with Gasteiger partial charge in [0.05, 0.1) is 12.1 Å². The lowest BCUT2D eigenvalue weighted by Gasteiger charge is -2.12. The predicted molar refractivity (Wildman–Crippen MR) is 112 cm³/mol. The van der Waals surface area contributed by atoms with Gasteiger partial charge in [0, 0.05) is 10.2 Å². The van der Waals surface area contributed by atoms with E-state index in [0.717, 1.165) is 10.0 Å². The van der Waals surface area contributed by atoms with Crippen LogP contribution in [0.3, 0.4) is 0 Å². The summed E-state index contributed by atoms with van der Waals surface area (Å²) in [5, 5.41) is 5.35. The lowest BCUT2D eigenvalue weighted by Crippen LogP contribution is -2.33. The first-order chi connectivity index (χ1) is 13.6. The second-order valence-electron chi connectivity index (χ2n) is 6.01. The van der Waals surface area contributed by atoms with Crippen LogP contribution in [0.5, 0.6) is 5.75 Å². The molecule has 0 fully saturated rings. The van der Waals surface area contributed by atoms with Crippen LogP contribution >= 0.6 is 15.9 Å². The summed E-state index contributed by atoms with van der Waals surface area (Å²) in [4.78, 5) is 24.5. The summed E-state index contributed by atoms with van der Waals surface area (Å²) in [5.41, 5.74) is 2.04. The highest BCUT2D eigenvalue weighted by molar-refractivity contribution is 9.10. The number of anilines is 1. The van der Waals surface area contributed by atoms with E-state index in [1.807, 2.05) is 42.5 Å². The van der Waals surface area contributed by atoms with Gasteiger partial charge in [-0.05, 0) is 42.0 Å². The van der Waals surface area contributed by atoms with E-state index in [4.69, 9.17) is 4.74 Å². The van der Waals surface area contributed by atoms with Crippen LogP contribution in [0, 0.1) is 0 Å². The molecule has 2 N–H and O–H groups in total. The Morgan fingerprint density at radius 2 is 1.64 bits per heavy atom. The highest BCUT2D eigenvalue weighted by Crippen LogP contribution is 2.20. The van der Waals surface area contributed by atoms with Crippen LogP contribution in [-0.2, 0) is 11.4 Å². The van der Waals surface area contributed by atoms with Crippen LogP contribution in [0.25, 0.3) is 0 Å². The zero-order chi connectivity index (χ0) is 19.8. The van der Waals surface area contributed by atoms with Gasteiger partial charge in [0.1, 0.15) is 12.4 Å². The molecule has 0 bridgehead atoms. The number of rotatable bonds is 7. The molecule has 0 radical (unpaired) electrons. The molecule has 28 heavy (non-hydrogen) atoms. The van der Waals surface area contributed by atoms with Crippen molar-refractivity contribution in [3.63, 3.8) is 0 Å². The quantitative estimate of drug-likeness (QED) is 0.574. The minimum absolute atomic E-state index is 0.131. The first-order valence-corrected chi connectivity index (χ1v) is 9.50. The summed E-state index contributed by atoms with van der Waals surface area (Å²) in [6, 6.07) is 23.8. The van der Waals surface area contributed by atoms with Crippen molar-refractivity contribution in [2.24, 2.45) is 0 Å². The van der Waals surface area contributed by atoms with Crippen LogP contribution in [0.4, 0.5) is 5.69 Å². The molecule has 3 aromatic rings. The SMILES string of the molecule is O=C(CNC(=O)c1ccccc1OCc1cccc(Br)c1)Nc1ccccc1. The summed E-state index contributed by atoms with van der Waals surface area (Å²) in [6.45, 7) is 0.200. The topological polar surface area (TPSA) is 67.4 Å². The zero-order valence-electron chi connectivity index (χ0n) is 15.0. The van der Waals surface area contributed by atoms with E-state index in [2.05, 4.69) is 26.6 Å². The Labute approximate surface area is 171 Å². The molecule has 0 aliphatic heterocycles. The predicted octanol–water partition coefficient (Wildman–Crippen LogP) is 4.40. The van der Waals surface area contributed by atoms with E-state index in [-0.39, 0.29) is 18.4 Å². The number of amides is 2. The highest BCUT2D eigenvalue weighted by Gasteiger charge is 2.13. The molecule has 0 saturated carbocycles. The normalized spacial score (nSPS) is 10.2. The third-order valence-corrected chi connectivity index (χ3v) is 4.38. The molecule has 0 heterocycles. The molecular formula is C22H19BrN2O3. The fraction of sp³-hybridized carbons (Fsp3) is 0.0909. The molecule has 5 nitrogen and oxygen atoms in total. The minimum Gasteiger partial charge on any atom is -0.488 e. The van der Waals surface area contributed by atoms with Crippen molar-refractivity contribution >= 4 is 33.4 Å².